The molecule has 7 nitrogen and oxygen atoms in total. The lowest BCUT2D eigenvalue weighted by atomic mass is 10.0. The Morgan fingerprint density at radius 1 is 1.05 bits per heavy atom. The van der Waals surface area contributed by atoms with Crippen molar-refractivity contribution in [2.24, 2.45) is 0 Å². The summed E-state index contributed by atoms with van der Waals surface area (Å²) in [6.45, 7) is 0.210. The number of hydrogen-bond donors (Lipinski definition) is 0. The molecule has 0 amide bonds. The number of benzene rings is 2. The molecular formula is C28H22Cl2N2O5. The highest BCUT2D eigenvalue weighted by Gasteiger charge is 2.34. The van der Waals surface area contributed by atoms with Gasteiger partial charge in [-0.15, -0.1) is 0 Å². The van der Waals surface area contributed by atoms with E-state index < -0.39 is 5.97 Å². The van der Waals surface area contributed by atoms with E-state index >= 15 is 0 Å². The maximum absolute atomic E-state index is 11.9. The molecule has 4 aromatic rings. The molecule has 0 saturated heterocycles. The second-order valence-electron chi connectivity index (χ2n) is 9.08. The molecule has 1 fully saturated rings. The number of ether oxygens (including phenoxy) is 3. The number of fused-ring (bicyclic) bond motifs is 2. The van der Waals surface area contributed by atoms with E-state index in [0.717, 1.165) is 48.1 Å². The number of esters is 1. The van der Waals surface area contributed by atoms with Gasteiger partial charge < -0.3 is 18.7 Å². The van der Waals surface area contributed by atoms with E-state index in [1.165, 1.54) is 7.11 Å². The zero-order chi connectivity index (χ0) is 25.5. The van der Waals surface area contributed by atoms with Crippen molar-refractivity contribution in [3.63, 3.8) is 0 Å². The van der Waals surface area contributed by atoms with Crippen molar-refractivity contribution in [3.05, 3.63) is 86.7 Å². The zero-order valence-electron chi connectivity index (χ0n) is 19.9. The lowest BCUT2D eigenvalue weighted by Crippen LogP contribution is -2.02. The van der Waals surface area contributed by atoms with Gasteiger partial charge in [-0.3, -0.25) is 0 Å². The van der Waals surface area contributed by atoms with E-state index in [2.05, 4.69) is 10.1 Å². The summed E-state index contributed by atoms with van der Waals surface area (Å²) in [6, 6.07) is 12.6. The molecule has 0 unspecified atom stereocenters. The normalized spacial score (nSPS) is 14.2. The quantitative estimate of drug-likeness (QED) is 0.241. The third-order valence-corrected chi connectivity index (χ3v) is 7.26. The number of methoxy groups -OCH3 is 1. The molecule has 2 aromatic carbocycles. The van der Waals surface area contributed by atoms with Crippen LogP contribution in [0.2, 0.25) is 10.0 Å². The topological polar surface area (TPSA) is 83.7 Å². The van der Waals surface area contributed by atoms with Gasteiger partial charge in [0.25, 0.3) is 0 Å². The monoisotopic (exact) mass is 536 g/mol. The van der Waals surface area contributed by atoms with Gasteiger partial charge in [-0.25, -0.2) is 9.78 Å². The van der Waals surface area contributed by atoms with Crippen molar-refractivity contribution < 1.29 is 23.5 Å². The highest BCUT2D eigenvalue weighted by molar-refractivity contribution is 6.39. The summed E-state index contributed by atoms with van der Waals surface area (Å²) in [4.78, 5) is 16.4. The van der Waals surface area contributed by atoms with Crippen LogP contribution in [-0.2, 0) is 24.2 Å². The second-order valence-corrected chi connectivity index (χ2v) is 9.89. The Morgan fingerprint density at radius 2 is 1.84 bits per heavy atom. The largest absolute Gasteiger partial charge is 0.473 e. The Morgan fingerprint density at radius 3 is 2.59 bits per heavy atom. The van der Waals surface area contributed by atoms with Gasteiger partial charge in [0, 0.05) is 23.1 Å². The van der Waals surface area contributed by atoms with E-state index in [4.69, 9.17) is 41.9 Å². The molecule has 2 aromatic heterocycles. The minimum atomic E-state index is -0.408. The summed E-state index contributed by atoms with van der Waals surface area (Å²) in [5.74, 6) is 2.43. The van der Waals surface area contributed by atoms with Gasteiger partial charge in [-0.1, -0.05) is 40.5 Å². The van der Waals surface area contributed by atoms with Crippen LogP contribution in [0.25, 0.3) is 11.3 Å². The lowest BCUT2D eigenvalue weighted by Gasteiger charge is -2.12. The Hall–Kier alpha value is -3.55. The first-order valence-corrected chi connectivity index (χ1v) is 12.7. The fourth-order valence-electron chi connectivity index (χ4n) is 4.51. The molecule has 3 heterocycles. The molecule has 6 rings (SSSR count). The third kappa shape index (κ3) is 4.65. The van der Waals surface area contributed by atoms with Crippen LogP contribution in [0.1, 0.15) is 51.6 Å². The molecule has 9 heteroatoms. The van der Waals surface area contributed by atoms with E-state index in [9.17, 15) is 4.79 Å². The molecule has 2 aliphatic rings. The van der Waals surface area contributed by atoms with Crippen LogP contribution in [0.3, 0.4) is 0 Å². The first-order chi connectivity index (χ1) is 18.0. The molecule has 1 aliphatic carbocycles. The standard InChI is InChI=1S/C28H22Cl2N2O5/c1-34-28(33)18-10-6-15-5-9-17-12-24(31-13-23(17)36-22(15)11-18)35-14-19-26(32-37-27(19)16-7-8-16)25-20(29)3-2-4-21(25)30/h2-4,6,10-13,16H,5,7-9,14H2,1H3. The molecule has 0 radical (unpaired) electrons. The zero-order valence-corrected chi connectivity index (χ0v) is 21.4. The van der Waals surface area contributed by atoms with Gasteiger partial charge in [-0.05, 0) is 55.5 Å². The molecule has 188 valence electrons. The second kappa shape index (κ2) is 9.72. The number of halogens is 2. The molecule has 0 bridgehead atoms. The highest BCUT2D eigenvalue weighted by atomic mass is 35.5. The van der Waals surface area contributed by atoms with Crippen molar-refractivity contribution >= 4 is 29.2 Å². The van der Waals surface area contributed by atoms with E-state index in [-0.39, 0.29) is 6.61 Å². The Labute approximate surface area is 223 Å². The maximum Gasteiger partial charge on any atom is 0.337 e. The van der Waals surface area contributed by atoms with Crippen molar-refractivity contribution in [1.82, 2.24) is 10.1 Å². The van der Waals surface area contributed by atoms with Crippen molar-refractivity contribution in [1.29, 1.82) is 0 Å². The Balaban J connectivity index is 1.26. The minimum absolute atomic E-state index is 0.210. The van der Waals surface area contributed by atoms with Crippen molar-refractivity contribution in [2.45, 2.75) is 38.2 Å². The van der Waals surface area contributed by atoms with Crippen LogP contribution < -0.4 is 9.47 Å². The SMILES string of the molecule is COC(=O)c1ccc2c(c1)Oc1cnc(OCc3c(-c4c(Cl)cccc4Cl)noc3C3CC3)cc1CC2. The number of hydrogen-bond acceptors (Lipinski definition) is 7. The van der Waals surface area contributed by atoms with E-state index in [0.29, 0.717) is 50.2 Å². The van der Waals surface area contributed by atoms with Crippen molar-refractivity contribution in [3.8, 4) is 28.6 Å². The molecule has 1 aliphatic heterocycles. The number of aryl methyl sites for hydroxylation is 2. The average molecular weight is 537 g/mol. The smallest absolute Gasteiger partial charge is 0.337 e. The van der Waals surface area contributed by atoms with E-state index in [1.54, 1.807) is 36.5 Å². The van der Waals surface area contributed by atoms with Gasteiger partial charge in [0.2, 0.25) is 5.88 Å². The molecule has 0 N–H and O–H groups in total. The fraction of sp³-hybridized carbons (Fsp3) is 0.250. The van der Waals surface area contributed by atoms with Gasteiger partial charge in [0.15, 0.2) is 0 Å². The summed E-state index contributed by atoms with van der Waals surface area (Å²) < 4.78 is 22.8. The first kappa shape index (κ1) is 23.8. The number of carbonyl (C=O) groups excluding carboxylic acids is 1. The van der Waals surface area contributed by atoms with Gasteiger partial charge in [0.05, 0.1) is 34.5 Å². The lowest BCUT2D eigenvalue weighted by molar-refractivity contribution is 0.0600. The number of aromatic nitrogens is 2. The highest BCUT2D eigenvalue weighted by Crippen LogP contribution is 2.46. The summed E-state index contributed by atoms with van der Waals surface area (Å²) in [6.07, 6.45) is 5.22. The van der Waals surface area contributed by atoms with Crippen LogP contribution in [0, 0.1) is 0 Å². The van der Waals surface area contributed by atoms with Crippen LogP contribution in [-0.4, -0.2) is 23.2 Å². The van der Waals surface area contributed by atoms with Gasteiger partial charge in [-0.2, -0.15) is 0 Å². The van der Waals surface area contributed by atoms with Crippen molar-refractivity contribution in [2.75, 3.05) is 7.11 Å². The van der Waals surface area contributed by atoms with Crippen LogP contribution in [0.5, 0.6) is 17.4 Å². The summed E-state index contributed by atoms with van der Waals surface area (Å²) in [5, 5.41) is 5.31. The summed E-state index contributed by atoms with van der Waals surface area (Å²) in [7, 11) is 1.36. The first-order valence-electron chi connectivity index (χ1n) is 12.0. The summed E-state index contributed by atoms with van der Waals surface area (Å²) >= 11 is 12.9. The number of rotatable bonds is 6. The summed E-state index contributed by atoms with van der Waals surface area (Å²) in [5.41, 5.74) is 4.45. The number of pyridine rings is 1. The predicted octanol–water partition coefficient (Wildman–Crippen LogP) is 7.18. The number of carbonyl (C=O) groups is 1. The molecule has 1 saturated carbocycles. The number of nitrogens with zero attached hydrogens (tertiary/aromatic N) is 2. The fourth-order valence-corrected chi connectivity index (χ4v) is 5.09. The third-order valence-electron chi connectivity index (χ3n) is 6.63. The van der Waals surface area contributed by atoms with Crippen LogP contribution in [0.4, 0.5) is 0 Å². The molecular weight excluding hydrogens is 515 g/mol. The predicted molar refractivity (Wildman–Crippen MR) is 138 cm³/mol. The van der Waals surface area contributed by atoms with Crippen LogP contribution >= 0.6 is 23.2 Å². The molecule has 0 spiro atoms. The average Bonchev–Trinajstić information content (AvgIpc) is 3.69. The minimum Gasteiger partial charge on any atom is -0.473 e. The maximum atomic E-state index is 11.9. The molecule has 37 heavy (non-hydrogen) atoms. The van der Waals surface area contributed by atoms with Crippen LogP contribution in [0.15, 0.2) is 53.2 Å². The Bertz CT molecular complexity index is 1490. The van der Waals surface area contributed by atoms with Gasteiger partial charge >= 0.3 is 5.97 Å². The van der Waals surface area contributed by atoms with E-state index in [1.807, 2.05) is 12.1 Å². The molecule has 0 atom stereocenters. The van der Waals surface area contributed by atoms with Gasteiger partial charge in [0.1, 0.15) is 29.6 Å². The Kier molecular flexibility index (Phi) is 6.26.